The standard InChI is InChI=1S/C20H42N4O2.HI/c1-6-21-20(22-16-12-10-9-11-15-19(25)26-5)23-18(4)14-13-17-24(7-2)8-3;/h18H,6-17H2,1-5H3,(H2,21,22,23);1H. The quantitative estimate of drug-likeness (QED) is 0.118. The van der Waals surface area contributed by atoms with Gasteiger partial charge in [0.05, 0.1) is 7.11 Å². The van der Waals surface area contributed by atoms with Gasteiger partial charge in [-0.3, -0.25) is 9.79 Å². The van der Waals surface area contributed by atoms with Crippen LogP contribution in [-0.2, 0) is 9.53 Å². The second-order valence-electron chi connectivity index (χ2n) is 6.72. The zero-order chi connectivity index (χ0) is 19.6. The largest absolute Gasteiger partial charge is 0.469 e. The van der Waals surface area contributed by atoms with Gasteiger partial charge < -0.3 is 20.3 Å². The molecular weight excluding hydrogens is 455 g/mol. The van der Waals surface area contributed by atoms with Crippen LogP contribution in [0, 0.1) is 0 Å². The summed E-state index contributed by atoms with van der Waals surface area (Å²) in [6, 6.07) is 0.420. The third kappa shape index (κ3) is 17.3. The van der Waals surface area contributed by atoms with E-state index in [1.165, 1.54) is 13.5 Å². The lowest BCUT2D eigenvalue weighted by Gasteiger charge is -2.21. The molecule has 6 nitrogen and oxygen atoms in total. The molecule has 0 aliphatic rings. The van der Waals surface area contributed by atoms with Gasteiger partial charge in [0, 0.05) is 25.6 Å². The molecule has 7 heteroatoms. The minimum atomic E-state index is -0.114. The lowest BCUT2D eigenvalue weighted by Crippen LogP contribution is -2.42. The van der Waals surface area contributed by atoms with E-state index in [9.17, 15) is 4.79 Å². The van der Waals surface area contributed by atoms with Gasteiger partial charge in [0.25, 0.3) is 0 Å². The maximum atomic E-state index is 11.0. The Morgan fingerprint density at radius 1 is 1.07 bits per heavy atom. The van der Waals surface area contributed by atoms with Crippen molar-refractivity contribution >= 4 is 35.9 Å². The highest BCUT2D eigenvalue weighted by Crippen LogP contribution is 2.04. The first-order valence-electron chi connectivity index (χ1n) is 10.4. The Bertz CT molecular complexity index is 377. The topological polar surface area (TPSA) is 66.0 Å². The number of hydrogen-bond acceptors (Lipinski definition) is 4. The maximum Gasteiger partial charge on any atom is 0.305 e. The number of methoxy groups -OCH3 is 1. The molecule has 0 heterocycles. The Balaban J connectivity index is 0. The summed E-state index contributed by atoms with van der Waals surface area (Å²) >= 11 is 0. The van der Waals surface area contributed by atoms with Gasteiger partial charge in [0.2, 0.25) is 0 Å². The summed E-state index contributed by atoms with van der Waals surface area (Å²) in [4.78, 5) is 18.2. The molecule has 0 amide bonds. The fraction of sp³-hybridized carbons (Fsp3) is 0.900. The molecule has 0 aliphatic heterocycles. The van der Waals surface area contributed by atoms with Crippen LogP contribution in [-0.4, -0.2) is 62.7 Å². The molecular formula is C20H43IN4O2. The van der Waals surface area contributed by atoms with Gasteiger partial charge in [0.15, 0.2) is 5.96 Å². The molecule has 0 rings (SSSR count). The number of ether oxygens (including phenoxy) is 1. The summed E-state index contributed by atoms with van der Waals surface area (Å²) in [6.07, 6.45) is 6.97. The zero-order valence-electron chi connectivity index (χ0n) is 18.2. The van der Waals surface area contributed by atoms with Gasteiger partial charge in [-0.1, -0.05) is 26.7 Å². The van der Waals surface area contributed by atoms with Crippen LogP contribution in [0.5, 0.6) is 0 Å². The molecule has 27 heavy (non-hydrogen) atoms. The number of nitrogens with zero attached hydrogens (tertiary/aromatic N) is 2. The van der Waals surface area contributed by atoms with E-state index in [0.717, 1.165) is 70.8 Å². The molecule has 0 aromatic heterocycles. The van der Waals surface area contributed by atoms with E-state index in [-0.39, 0.29) is 29.9 Å². The lowest BCUT2D eigenvalue weighted by atomic mass is 10.1. The molecule has 0 aromatic carbocycles. The molecule has 162 valence electrons. The molecule has 0 spiro atoms. The van der Waals surface area contributed by atoms with E-state index in [4.69, 9.17) is 0 Å². The van der Waals surface area contributed by atoms with Crippen LogP contribution in [0.15, 0.2) is 4.99 Å². The van der Waals surface area contributed by atoms with Crippen molar-refractivity contribution in [2.75, 3.05) is 39.8 Å². The Kier molecular flexibility index (Phi) is 21.4. The van der Waals surface area contributed by atoms with Crippen LogP contribution < -0.4 is 10.6 Å². The first kappa shape index (κ1) is 28.6. The van der Waals surface area contributed by atoms with Crippen molar-refractivity contribution in [2.45, 2.75) is 78.7 Å². The van der Waals surface area contributed by atoms with E-state index >= 15 is 0 Å². The van der Waals surface area contributed by atoms with E-state index in [0.29, 0.717) is 12.5 Å². The molecule has 0 fully saturated rings. The first-order chi connectivity index (χ1) is 12.6. The summed E-state index contributed by atoms with van der Waals surface area (Å²) < 4.78 is 4.65. The van der Waals surface area contributed by atoms with Crippen LogP contribution in [0.4, 0.5) is 0 Å². The first-order valence-corrected chi connectivity index (χ1v) is 10.4. The van der Waals surface area contributed by atoms with E-state index in [1.807, 2.05) is 0 Å². The van der Waals surface area contributed by atoms with Crippen molar-refractivity contribution in [3.05, 3.63) is 0 Å². The molecule has 0 saturated carbocycles. The van der Waals surface area contributed by atoms with Crippen molar-refractivity contribution in [1.82, 2.24) is 15.5 Å². The second kappa shape index (κ2) is 20.2. The third-order valence-corrected chi connectivity index (χ3v) is 4.52. The minimum absolute atomic E-state index is 0. The van der Waals surface area contributed by atoms with E-state index in [1.54, 1.807) is 0 Å². The number of nitrogens with one attached hydrogen (secondary N) is 2. The molecule has 0 saturated heterocycles. The van der Waals surface area contributed by atoms with E-state index in [2.05, 4.69) is 53.0 Å². The van der Waals surface area contributed by atoms with Crippen molar-refractivity contribution in [3.8, 4) is 0 Å². The zero-order valence-corrected chi connectivity index (χ0v) is 20.5. The van der Waals surface area contributed by atoms with Crippen LogP contribution >= 0.6 is 24.0 Å². The van der Waals surface area contributed by atoms with Crippen molar-refractivity contribution in [2.24, 2.45) is 4.99 Å². The van der Waals surface area contributed by atoms with Crippen LogP contribution in [0.2, 0.25) is 0 Å². The van der Waals surface area contributed by atoms with E-state index < -0.39 is 0 Å². The maximum absolute atomic E-state index is 11.0. The van der Waals surface area contributed by atoms with Gasteiger partial charge in [0.1, 0.15) is 0 Å². The van der Waals surface area contributed by atoms with Crippen molar-refractivity contribution < 1.29 is 9.53 Å². The predicted octanol–water partition coefficient (Wildman–Crippen LogP) is 3.79. The number of rotatable bonds is 15. The van der Waals surface area contributed by atoms with Crippen molar-refractivity contribution in [3.63, 3.8) is 0 Å². The molecule has 0 aliphatic carbocycles. The number of carbonyl (C=O) groups excluding carboxylic acids is 1. The smallest absolute Gasteiger partial charge is 0.305 e. The molecule has 1 atom stereocenters. The van der Waals surface area contributed by atoms with Gasteiger partial charge in [-0.15, -0.1) is 24.0 Å². The molecule has 0 aromatic rings. The minimum Gasteiger partial charge on any atom is -0.469 e. The number of halogens is 1. The fourth-order valence-electron chi connectivity index (χ4n) is 2.81. The monoisotopic (exact) mass is 498 g/mol. The molecule has 2 N–H and O–H groups in total. The highest BCUT2D eigenvalue weighted by atomic mass is 127. The highest BCUT2D eigenvalue weighted by molar-refractivity contribution is 14.0. The Hall–Kier alpha value is -0.570. The summed E-state index contributed by atoms with van der Waals surface area (Å²) in [7, 11) is 1.44. The molecule has 0 radical (unpaired) electrons. The van der Waals surface area contributed by atoms with Crippen molar-refractivity contribution in [1.29, 1.82) is 0 Å². The number of esters is 1. The SMILES string of the molecule is CCNC(=NCCCCCCC(=O)OC)NC(C)CCCN(CC)CC.I. The normalized spacial score (nSPS) is 12.4. The van der Waals surface area contributed by atoms with Crippen LogP contribution in [0.1, 0.15) is 72.6 Å². The van der Waals surface area contributed by atoms with Crippen LogP contribution in [0.3, 0.4) is 0 Å². The third-order valence-electron chi connectivity index (χ3n) is 4.52. The Labute approximate surface area is 184 Å². The summed E-state index contributed by atoms with van der Waals surface area (Å²) in [5.41, 5.74) is 0. The van der Waals surface area contributed by atoms with Gasteiger partial charge in [-0.25, -0.2) is 0 Å². The average Bonchev–Trinajstić information content (AvgIpc) is 2.64. The second-order valence-corrected chi connectivity index (χ2v) is 6.72. The summed E-state index contributed by atoms with van der Waals surface area (Å²) in [5.74, 6) is 0.800. The number of unbranched alkanes of at least 4 members (excludes halogenated alkanes) is 3. The summed E-state index contributed by atoms with van der Waals surface area (Å²) in [6.45, 7) is 13.9. The molecule has 1 unspecified atom stereocenters. The van der Waals surface area contributed by atoms with Gasteiger partial charge in [-0.2, -0.15) is 0 Å². The lowest BCUT2D eigenvalue weighted by molar-refractivity contribution is -0.140. The number of guanidine groups is 1. The Morgan fingerprint density at radius 2 is 1.74 bits per heavy atom. The number of aliphatic imine (C=N–C) groups is 1. The fourth-order valence-corrected chi connectivity index (χ4v) is 2.81. The molecule has 0 bridgehead atoms. The summed E-state index contributed by atoms with van der Waals surface area (Å²) in [5, 5.41) is 6.84. The van der Waals surface area contributed by atoms with Gasteiger partial charge in [-0.05, 0) is 59.2 Å². The number of carbonyl (C=O) groups is 1. The Morgan fingerprint density at radius 3 is 2.33 bits per heavy atom. The predicted molar refractivity (Wildman–Crippen MR) is 126 cm³/mol. The highest BCUT2D eigenvalue weighted by Gasteiger charge is 2.06. The van der Waals surface area contributed by atoms with Crippen LogP contribution in [0.25, 0.3) is 0 Å². The number of hydrogen-bond donors (Lipinski definition) is 2. The average molecular weight is 498 g/mol. The van der Waals surface area contributed by atoms with Gasteiger partial charge >= 0.3 is 5.97 Å².